The molecule has 0 bridgehead atoms. The molecule has 1 aromatic rings. The number of rotatable bonds is 6. The lowest BCUT2D eigenvalue weighted by molar-refractivity contribution is -0.108. The van der Waals surface area contributed by atoms with Gasteiger partial charge in [0.05, 0.1) is 19.8 Å². The fourth-order valence-corrected chi connectivity index (χ4v) is 2.47. The van der Waals surface area contributed by atoms with E-state index in [0.717, 1.165) is 31.1 Å². The van der Waals surface area contributed by atoms with Crippen LogP contribution in [0.3, 0.4) is 0 Å². The van der Waals surface area contributed by atoms with Gasteiger partial charge in [-0.1, -0.05) is 12.1 Å². The molecule has 0 amide bonds. The maximum Gasteiger partial charge on any atom is 0.136 e. The molecule has 1 fully saturated rings. The van der Waals surface area contributed by atoms with Crippen molar-refractivity contribution in [3.63, 3.8) is 0 Å². The van der Waals surface area contributed by atoms with E-state index in [9.17, 15) is 0 Å². The van der Waals surface area contributed by atoms with Crippen molar-refractivity contribution < 1.29 is 19.3 Å². The Morgan fingerprint density at radius 2 is 2.35 bits per heavy atom. The molecule has 5 nitrogen and oxygen atoms in total. The summed E-state index contributed by atoms with van der Waals surface area (Å²) in [5, 5.41) is 8.82. The first-order valence-electron chi connectivity index (χ1n) is 6.96. The molecule has 0 spiro atoms. The van der Waals surface area contributed by atoms with Crippen LogP contribution in [0.2, 0.25) is 0 Å². The van der Waals surface area contributed by atoms with Crippen LogP contribution in [-0.4, -0.2) is 56.1 Å². The van der Waals surface area contributed by atoms with E-state index >= 15 is 0 Å². The zero-order valence-electron chi connectivity index (χ0n) is 12.1. The zero-order valence-corrected chi connectivity index (χ0v) is 12.1. The molecule has 1 N–H and O–H groups in total. The molecule has 5 heteroatoms. The van der Waals surface area contributed by atoms with Gasteiger partial charge in [-0.15, -0.1) is 0 Å². The SMILES string of the molecule is COC(c1cccc(OCCO)c1)N1CCOC[C@@H]1C. The minimum atomic E-state index is -0.105. The molecule has 0 aliphatic carbocycles. The molecule has 1 heterocycles. The van der Waals surface area contributed by atoms with Gasteiger partial charge in [0.2, 0.25) is 0 Å². The summed E-state index contributed by atoms with van der Waals surface area (Å²) in [6.45, 7) is 4.75. The van der Waals surface area contributed by atoms with Gasteiger partial charge < -0.3 is 19.3 Å². The van der Waals surface area contributed by atoms with Crippen LogP contribution in [-0.2, 0) is 9.47 Å². The van der Waals surface area contributed by atoms with Gasteiger partial charge in [0.15, 0.2) is 0 Å². The monoisotopic (exact) mass is 281 g/mol. The molecule has 20 heavy (non-hydrogen) atoms. The molecule has 2 atom stereocenters. The molecule has 1 unspecified atom stereocenters. The fourth-order valence-electron chi connectivity index (χ4n) is 2.47. The van der Waals surface area contributed by atoms with Crippen molar-refractivity contribution in [3.8, 4) is 5.75 Å². The molecule has 0 aromatic heterocycles. The topological polar surface area (TPSA) is 51.2 Å². The van der Waals surface area contributed by atoms with E-state index in [-0.39, 0.29) is 12.8 Å². The average Bonchev–Trinajstić information content (AvgIpc) is 2.48. The predicted molar refractivity (Wildman–Crippen MR) is 75.8 cm³/mol. The Morgan fingerprint density at radius 3 is 3.05 bits per heavy atom. The Morgan fingerprint density at radius 1 is 1.50 bits per heavy atom. The van der Waals surface area contributed by atoms with E-state index in [1.807, 2.05) is 24.3 Å². The van der Waals surface area contributed by atoms with E-state index in [4.69, 9.17) is 19.3 Å². The van der Waals surface area contributed by atoms with Gasteiger partial charge in [-0.3, -0.25) is 4.90 Å². The first-order valence-corrected chi connectivity index (χ1v) is 6.96. The zero-order chi connectivity index (χ0) is 14.4. The van der Waals surface area contributed by atoms with Crippen LogP contribution in [0.1, 0.15) is 18.7 Å². The van der Waals surface area contributed by atoms with Gasteiger partial charge in [-0.05, 0) is 24.6 Å². The van der Waals surface area contributed by atoms with Crippen LogP contribution < -0.4 is 4.74 Å². The van der Waals surface area contributed by atoms with Crippen LogP contribution >= 0.6 is 0 Å². The summed E-state index contributed by atoms with van der Waals surface area (Å²) in [7, 11) is 1.72. The molecule has 1 aromatic carbocycles. The second kappa shape index (κ2) is 7.59. The third kappa shape index (κ3) is 3.70. The molecular formula is C15H23NO4. The van der Waals surface area contributed by atoms with E-state index in [2.05, 4.69) is 11.8 Å². The molecule has 112 valence electrons. The average molecular weight is 281 g/mol. The standard InChI is InChI=1S/C15H23NO4/c1-12-11-19-8-6-16(12)15(18-2)13-4-3-5-14(10-13)20-9-7-17/h3-5,10,12,15,17H,6-9,11H2,1-2H3/t12-,15?/m0/s1. The van der Waals surface area contributed by atoms with Crippen molar-refractivity contribution in [3.05, 3.63) is 29.8 Å². The Hall–Kier alpha value is -1.14. The normalized spacial score (nSPS) is 21.6. The lowest BCUT2D eigenvalue weighted by Gasteiger charge is -2.38. The van der Waals surface area contributed by atoms with Gasteiger partial charge in [0.1, 0.15) is 18.6 Å². The second-order valence-electron chi connectivity index (χ2n) is 4.89. The summed E-state index contributed by atoms with van der Waals surface area (Å²) in [5.41, 5.74) is 1.05. The van der Waals surface area contributed by atoms with Crippen molar-refractivity contribution in [2.75, 3.05) is 40.1 Å². The quantitative estimate of drug-likeness (QED) is 0.854. The summed E-state index contributed by atoms with van der Waals surface area (Å²) in [4.78, 5) is 2.29. The van der Waals surface area contributed by atoms with Crippen molar-refractivity contribution in [1.82, 2.24) is 4.90 Å². The van der Waals surface area contributed by atoms with Crippen LogP contribution in [0, 0.1) is 0 Å². The van der Waals surface area contributed by atoms with E-state index in [1.54, 1.807) is 7.11 Å². The minimum absolute atomic E-state index is 0.0123. The summed E-state index contributed by atoms with van der Waals surface area (Å²) in [6, 6.07) is 8.14. The van der Waals surface area contributed by atoms with Crippen LogP contribution in [0.5, 0.6) is 5.75 Å². The number of hydrogen-bond acceptors (Lipinski definition) is 5. The Kier molecular flexibility index (Phi) is 5.79. The van der Waals surface area contributed by atoms with Crippen LogP contribution in [0.25, 0.3) is 0 Å². The summed E-state index contributed by atoms with van der Waals surface area (Å²) in [6.07, 6.45) is -0.105. The number of aliphatic hydroxyl groups is 1. The van der Waals surface area contributed by atoms with Crippen molar-refractivity contribution in [1.29, 1.82) is 0 Å². The largest absolute Gasteiger partial charge is 0.491 e. The van der Waals surface area contributed by atoms with Gasteiger partial charge >= 0.3 is 0 Å². The van der Waals surface area contributed by atoms with Crippen molar-refractivity contribution in [2.45, 2.75) is 19.2 Å². The van der Waals surface area contributed by atoms with Crippen LogP contribution in [0.4, 0.5) is 0 Å². The van der Waals surface area contributed by atoms with Crippen molar-refractivity contribution in [2.24, 2.45) is 0 Å². The summed E-state index contributed by atoms with van der Waals surface area (Å²) >= 11 is 0. The summed E-state index contributed by atoms with van der Waals surface area (Å²) < 4.78 is 16.6. The van der Waals surface area contributed by atoms with E-state index < -0.39 is 0 Å². The number of aliphatic hydroxyl groups excluding tert-OH is 1. The first kappa shape index (κ1) is 15.3. The first-order chi connectivity index (χ1) is 9.76. The number of ether oxygens (including phenoxy) is 3. The third-order valence-electron chi connectivity index (χ3n) is 3.45. The highest BCUT2D eigenvalue weighted by atomic mass is 16.5. The van der Waals surface area contributed by atoms with Crippen molar-refractivity contribution >= 4 is 0 Å². The molecule has 0 saturated carbocycles. The predicted octanol–water partition coefficient (Wildman–Crippen LogP) is 1.42. The fraction of sp³-hybridized carbons (Fsp3) is 0.600. The Bertz CT molecular complexity index is 413. The Balaban J connectivity index is 2.13. The minimum Gasteiger partial charge on any atom is -0.491 e. The molecule has 1 saturated heterocycles. The second-order valence-corrected chi connectivity index (χ2v) is 4.89. The maximum atomic E-state index is 8.82. The van der Waals surface area contributed by atoms with Crippen LogP contribution in [0.15, 0.2) is 24.3 Å². The maximum absolute atomic E-state index is 8.82. The number of benzene rings is 1. The lowest BCUT2D eigenvalue weighted by atomic mass is 10.1. The number of methoxy groups -OCH3 is 1. The Labute approximate surface area is 120 Å². The van der Waals surface area contributed by atoms with Gasteiger partial charge in [0, 0.05) is 19.7 Å². The van der Waals surface area contributed by atoms with E-state index in [0.29, 0.717) is 12.6 Å². The lowest BCUT2D eigenvalue weighted by Crippen LogP contribution is -2.46. The highest BCUT2D eigenvalue weighted by molar-refractivity contribution is 5.30. The smallest absolute Gasteiger partial charge is 0.136 e. The summed E-state index contributed by atoms with van der Waals surface area (Å²) in [5.74, 6) is 0.750. The van der Waals surface area contributed by atoms with Gasteiger partial charge in [0.25, 0.3) is 0 Å². The highest BCUT2D eigenvalue weighted by Gasteiger charge is 2.27. The molecule has 2 rings (SSSR count). The third-order valence-corrected chi connectivity index (χ3v) is 3.45. The number of nitrogens with zero attached hydrogens (tertiary/aromatic N) is 1. The number of hydrogen-bond donors (Lipinski definition) is 1. The van der Waals surface area contributed by atoms with Gasteiger partial charge in [-0.2, -0.15) is 0 Å². The number of morpholine rings is 1. The molecule has 1 aliphatic heterocycles. The highest BCUT2D eigenvalue weighted by Crippen LogP contribution is 2.27. The molecule has 0 radical (unpaired) electrons. The van der Waals surface area contributed by atoms with E-state index in [1.165, 1.54) is 0 Å². The molecular weight excluding hydrogens is 258 g/mol. The van der Waals surface area contributed by atoms with Gasteiger partial charge in [-0.25, -0.2) is 0 Å². The molecule has 1 aliphatic rings.